The molecule has 1 amide bonds. The van der Waals surface area contributed by atoms with Crippen LogP contribution in [0, 0.1) is 5.92 Å². The highest BCUT2D eigenvalue weighted by Gasteiger charge is 2.26. The number of hydrogen-bond donors (Lipinski definition) is 2. The van der Waals surface area contributed by atoms with Gasteiger partial charge in [0.05, 0.1) is 11.1 Å². The molecule has 0 spiro atoms. The lowest BCUT2D eigenvalue weighted by atomic mass is 9.84. The van der Waals surface area contributed by atoms with E-state index < -0.39 is 0 Å². The van der Waals surface area contributed by atoms with Crippen molar-refractivity contribution in [3.05, 3.63) is 36.2 Å². The largest absolute Gasteiger partial charge is 0.349 e. The average molecular weight is 321 g/mol. The molecule has 5 nitrogen and oxygen atoms in total. The van der Waals surface area contributed by atoms with E-state index in [4.69, 9.17) is 5.73 Å². The van der Waals surface area contributed by atoms with Gasteiger partial charge in [-0.25, -0.2) is 0 Å². The Kier molecular flexibility index (Phi) is 5.69. The number of nitrogens with zero attached hydrogens (tertiary/aromatic N) is 2. The summed E-state index contributed by atoms with van der Waals surface area (Å²) in [6.45, 7) is 0.625. The normalized spacial score (nSPS) is 21.1. The highest BCUT2D eigenvalue weighted by Crippen LogP contribution is 2.24. The van der Waals surface area contributed by atoms with Crippen molar-refractivity contribution < 1.29 is 4.79 Å². The predicted molar refractivity (Wildman–Crippen MR) is 89.1 cm³/mol. The first-order valence-electron chi connectivity index (χ1n) is 7.50. The van der Waals surface area contributed by atoms with Crippen LogP contribution in [-0.4, -0.2) is 28.5 Å². The second kappa shape index (κ2) is 7.51. The third-order valence-electron chi connectivity index (χ3n) is 4.27. The summed E-state index contributed by atoms with van der Waals surface area (Å²) in [4.78, 5) is 21.1. The van der Waals surface area contributed by atoms with Gasteiger partial charge < -0.3 is 11.1 Å². The number of aromatic nitrogens is 2. The molecule has 2 aromatic rings. The maximum absolute atomic E-state index is 12.6. The lowest BCUT2D eigenvalue weighted by molar-refractivity contribution is 0.0909. The van der Waals surface area contributed by atoms with Crippen molar-refractivity contribution in [2.75, 3.05) is 6.54 Å². The Balaban J connectivity index is 0.00000176. The van der Waals surface area contributed by atoms with Gasteiger partial charge in [0.25, 0.3) is 5.91 Å². The van der Waals surface area contributed by atoms with Gasteiger partial charge in [-0.15, -0.1) is 12.4 Å². The SMILES string of the molecule is Cl.NCC1CCCCC1NC(=O)c1cccc2nccnc12. The fourth-order valence-corrected chi connectivity index (χ4v) is 3.10. The molecule has 118 valence electrons. The average Bonchev–Trinajstić information content (AvgIpc) is 2.54. The standard InChI is InChI=1S/C16H20N4O.ClH/c17-10-11-4-1-2-6-13(11)20-16(21)12-5-3-7-14-15(12)19-9-8-18-14;/h3,5,7-9,11,13H,1-2,4,6,10,17H2,(H,20,21);1H. The van der Waals surface area contributed by atoms with Crippen LogP contribution in [0.25, 0.3) is 11.0 Å². The van der Waals surface area contributed by atoms with Crippen LogP contribution in [0.1, 0.15) is 36.0 Å². The van der Waals surface area contributed by atoms with Crippen LogP contribution in [0.2, 0.25) is 0 Å². The smallest absolute Gasteiger partial charge is 0.253 e. The van der Waals surface area contributed by atoms with Crippen molar-refractivity contribution in [1.29, 1.82) is 0 Å². The monoisotopic (exact) mass is 320 g/mol. The van der Waals surface area contributed by atoms with Gasteiger partial charge in [0.1, 0.15) is 5.52 Å². The van der Waals surface area contributed by atoms with Gasteiger partial charge in [0.15, 0.2) is 0 Å². The highest BCUT2D eigenvalue weighted by molar-refractivity contribution is 6.04. The topological polar surface area (TPSA) is 80.9 Å². The van der Waals surface area contributed by atoms with E-state index in [9.17, 15) is 4.79 Å². The van der Waals surface area contributed by atoms with Gasteiger partial charge in [-0.1, -0.05) is 18.9 Å². The Labute approximate surface area is 136 Å². The Morgan fingerprint density at radius 3 is 2.82 bits per heavy atom. The summed E-state index contributed by atoms with van der Waals surface area (Å²) in [6.07, 6.45) is 7.70. The summed E-state index contributed by atoms with van der Waals surface area (Å²) in [5.41, 5.74) is 7.80. The zero-order chi connectivity index (χ0) is 14.7. The third-order valence-corrected chi connectivity index (χ3v) is 4.27. The number of fused-ring (bicyclic) bond motifs is 1. The van der Waals surface area contributed by atoms with Crippen LogP contribution in [0.4, 0.5) is 0 Å². The predicted octanol–water partition coefficient (Wildman–Crippen LogP) is 2.30. The van der Waals surface area contributed by atoms with Crippen LogP contribution >= 0.6 is 12.4 Å². The van der Waals surface area contributed by atoms with Crippen molar-refractivity contribution in [2.24, 2.45) is 11.7 Å². The van der Waals surface area contributed by atoms with E-state index in [0.29, 0.717) is 23.5 Å². The minimum absolute atomic E-state index is 0. The highest BCUT2D eigenvalue weighted by atomic mass is 35.5. The molecule has 2 atom stereocenters. The summed E-state index contributed by atoms with van der Waals surface area (Å²) in [6, 6.07) is 5.67. The zero-order valence-corrected chi connectivity index (χ0v) is 13.2. The molecule has 2 unspecified atom stereocenters. The minimum Gasteiger partial charge on any atom is -0.349 e. The van der Waals surface area contributed by atoms with Crippen molar-refractivity contribution in [1.82, 2.24) is 15.3 Å². The number of nitrogens with one attached hydrogen (secondary N) is 1. The van der Waals surface area contributed by atoms with E-state index >= 15 is 0 Å². The van der Waals surface area contributed by atoms with E-state index in [0.717, 1.165) is 24.8 Å². The van der Waals surface area contributed by atoms with Gasteiger partial charge >= 0.3 is 0 Å². The molecule has 22 heavy (non-hydrogen) atoms. The quantitative estimate of drug-likeness (QED) is 0.909. The molecule has 1 saturated carbocycles. The zero-order valence-electron chi connectivity index (χ0n) is 12.4. The number of hydrogen-bond acceptors (Lipinski definition) is 4. The first kappa shape index (κ1) is 16.6. The molecule has 1 fully saturated rings. The van der Waals surface area contributed by atoms with Crippen LogP contribution in [0.15, 0.2) is 30.6 Å². The summed E-state index contributed by atoms with van der Waals surface area (Å²) in [5, 5.41) is 3.14. The van der Waals surface area contributed by atoms with E-state index in [1.54, 1.807) is 18.5 Å². The Bertz CT molecular complexity index is 644. The minimum atomic E-state index is -0.0774. The summed E-state index contributed by atoms with van der Waals surface area (Å²) in [7, 11) is 0. The summed E-state index contributed by atoms with van der Waals surface area (Å²) < 4.78 is 0. The van der Waals surface area contributed by atoms with Gasteiger partial charge in [0.2, 0.25) is 0 Å². The first-order valence-corrected chi connectivity index (χ1v) is 7.50. The number of benzene rings is 1. The molecule has 3 N–H and O–H groups in total. The van der Waals surface area contributed by atoms with Gasteiger partial charge in [-0.3, -0.25) is 14.8 Å². The number of amides is 1. The van der Waals surface area contributed by atoms with Crippen LogP contribution < -0.4 is 11.1 Å². The van der Waals surface area contributed by atoms with Crippen molar-refractivity contribution in [3.63, 3.8) is 0 Å². The van der Waals surface area contributed by atoms with Crippen LogP contribution in [0.3, 0.4) is 0 Å². The maximum Gasteiger partial charge on any atom is 0.253 e. The second-order valence-corrected chi connectivity index (χ2v) is 5.59. The number of carbonyl (C=O) groups is 1. The number of halogens is 1. The number of carbonyl (C=O) groups excluding carboxylic acids is 1. The third kappa shape index (κ3) is 3.36. The van der Waals surface area contributed by atoms with E-state index in [2.05, 4.69) is 15.3 Å². The Hall–Kier alpha value is -1.72. The molecule has 0 radical (unpaired) electrons. The number of rotatable bonds is 3. The molecule has 0 aliphatic heterocycles. The first-order chi connectivity index (χ1) is 10.3. The van der Waals surface area contributed by atoms with E-state index in [1.807, 2.05) is 12.1 Å². The molecule has 1 aliphatic rings. The van der Waals surface area contributed by atoms with Crippen molar-refractivity contribution in [3.8, 4) is 0 Å². The molecule has 1 aromatic heterocycles. The summed E-state index contributed by atoms with van der Waals surface area (Å²) in [5.74, 6) is 0.301. The van der Waals surface area contributed by atoms with Crippen LogP contribution in [0.5, 0.6) is 0 Å². The Morgan fingerprint density at radius 2 is 2.00 bits per heavy atom. The van der Waals surface area contributed by atoms with Gasteiger partial charge in [0, 0.05) is 18.4 Å². The van der Waals surface area contributed by atoms with Crippen LogP contribution in [-0.2, 0) is 0 Å². The molecule has 1 aromatic carbocycles. The van der Waals surface area contributed by atoms with E-state index in [-0.39, 0.29) is 24.4 Å². The lowest BCUT2D eigenvalue weighted by Gasteiger charge is -2.31. The molecule has 3 rings (SSSR count). The number of para-hydroxylation sites is 1. The number of nitrogens with two attached hydrogens (primary N) is 1. The maximum atomic E-state index is 12.6. The fraction of sp³-hybridized carbons (Fsp3) is 0.438. The molecule has 0 saturated heterocycles. The molecule has 6 heteroatoms. The van der Waals surface area contributed by atoms with Gasteiger partial charge in [-0.05, 0) is 37.4 Å². The van der Waals surface area contributed by atoms with E-state index in [1.165, 1.54) is 6.42 Å². The Morgan fingerprint density at radius 1 is 1.23 bits per heavy atom. The molecule has 0 bridgehead atoms. The van der Waals surface area contributed by atoms with Gasteiger partial charge in [-0.2, -0.15) is 0 Å². The molecular formula is C16H21ClN4O. The fourth-order valence-electron chi connectivity index (χ4n) is 3.10. The molecule has 1 heterocycles. The summed E-state index contributed by atoms with van der Waals surface area (Å²) >= 11 is 0. The lowest BCUT2D eigenvalue weighted by Crippen LogP contribution is -2.44. The molecular weight excluding hydrogens is 300 g/mol. The second-order valence-electron chi connectivity index (χ2n) is 5.59. The molecule has 1 aliphatic carbocycles. The van der Waals surface area contributed by atoms with Crippen molar-refractivity contribution >= 4 is 29.3 Å². The van der Waals surface area contributed by atoms with Crippen molar-refractivity contribution in [2.45, 2.75) is 31.7 Å².